The summed E-state index contributed by atoms with van der Waals surface area (Å²) in [5, 5.41) is 7.06. The van der Waals surface area contributed by atoms with E-state index in [2.05, 4.69) is 21.6 Å². The lowest BCUT2D eigenvalue weighted by atomic mass is 10.1. The first-order chi connectivity index (χ1) is 15.5. The third-order valence-electron chi connectivity index (χ3n) is 4.67. The fourth-order valence-electron chi connectivity index (χ4n) is 3.11. The van der Waals surface area contributed by atoms with Crippen LogP contribution in [0.15, 0.2) is 71.4 Å². The average Bonchev–Trinajstić information content (AvgIpc) is 3.46. The zero-order valence-corrected chi connectivity index (χ0v) is 18.5. The number of aromatic nitrogens is 1. The van der Waals surface area contributed by atoms with E-state index in [1.165, 1.54) is 29.0 Å². The number of nitrogens with zero attached hydrogens (tertiary/aromatic N) is 2. The Morgan fingerprint density at radius 3 is 2.69 bits per heavy atom. The summed E-state index contributed by atoms with van der Waals surface area (Å²) in [7, 11) is 1.54. The Kier molecular flexibility index (Phi) is 6.26. The molecule has 1 aromatic carbocycles. The Bertz CT molecular complexity index is 1270. The molecule has 0 spiro atoms. The molecule has 0 saturated heterocycles. The molecule has 0 unspecified atom stereocenters. The molecule has 4 N–H and O–H groups in total. The predicted molar refractivity (Wildman–Crippen MR) is 124 cm³/mol. The molecule has 0 fully saturated rings. The number of carbonyl (C=O) groups is 2. The monoisotopic (exact) mass is 470 g/mol. The minimum absolute atomic E-state index is 0.200. The van der Waals surface area contributed by atoms with Crippen LogP contribution in [0.5, 0.6) is 0 Å². The van der Waals surface area contributed by atoms with Gasteiger partial charge in [0.2, 0.25) is 0 Å². The minimum Gasteiger partial charge on any atom is -0.355 e. The van der Waals surface area contributed by atoms with Gasteiger partial charge < -0.3 is 16.1 Å². The summed E-state index contributed by atoms with van der Waals surface area (Å²) in [4.78, 5) is 37.5. The number of nitrogens with one attached hydrogen (secondary N) is 4. The molecule has 9 nitrogen and oxygen atoms in total. The van der Waals surface area contributed by atoms with Gasteiger partial charge in [0.25, 0.3) is 17.4 Å². The average molecular weight is 471 g/mol. The van der Waals surface area contributed by atoms with Crippen LogP contribution in [0.25, 0.3) is 5.69 Å². The van der Waals surface area contributed by atoms with E-state index < -0.39 is 0 Å². The van der Waals surface area contributed by atoms with Gasteiger partial charge in [-0.2, -0.15) is 0 Å². The highest BCUT2D eigenvalue weighted by molar-refractivity contribution is 7.18. The topological polar surface area (TPSA) is 108 Å². The maximum Gasteiger partial charge on any atom is 0.261 e. The van der Waals surface area contributed by atoms with Crippen molar-refractivity contribution >= 4 is 40.4 Å². The molecule has 0 atom stereocenters. The smallest absolute Gasteiger partial charge is 0.261 e. The molecular formula is C21H19ClN6O3S. The molecular weight excluding hydrogens is 452 g/mol. The number of anilines is 1. The van der Waals surface area contributed by atoms with Crippen molar-refractivity contribution in [3.63, 3.8) is 0 Å². The number of hydrogen-bond donors (Lipinski definition) is 4. The van der Waals surface area contributed by atoms with Crippen LogP contribution in [-0.4, -0.2) is 30.0 Å². The second-order valence-electron chi connectivity index (χ2n) is 6.74. The van der Waals surface area contributed by atoms with Gasteiger partial charge in [-0.05, 0) is 36.4 Å². The van der Waals surface area contributed by atoms with Crippen molar-refractivity contribution in [2.45, 2.75) is 0 Å². The highest BCUT2D eigenvalue weighted by Gasteiger charge is 2.21. The molecule has 1 aliphatic heterocycles. The van der Waals surface area contributed by atoms with E-state index in [1.807, 2.05) is 0 Å². The molecule has 11 heteroatoms. The van der Waals surface area contributed by atoms with Gasteiger partial charge in [-0.1, -0.05) is 17.7 Å². The molecule has 32 heavy (non-hydrogen) atoms. The molecule has 0 radical (unpaired) electrons. The third-order valence-corrected chi connectivity index (χ3v) is 5.90. The first kappa shape index (κ1) is 21.6. The summed E-state index contributed by atoms with van der Waals surface area (Å²) < 4.78 is 2.00. The van der Waals surface area contributed by atoms with Gasteiger partial charge in [-0.25, -0.2) is 0 Å². The normalized spacial score (nSPS) is 12.8. The highest BCUT2D eigenvalue weighted by atomic mass is 35.5. The summed E-state index contributed by atoms with van der Waals surface area (Å²) >= 11 is 7.08. The number of amides is 2. The lowest BCUT2D eigenvalue weighted by Crippen LogP contribution is -2.39. The molecule has 4 rings (SSSR count). The Labute approximate surface area is 192 Å². The van der Waals surface area contributed by atoms with Crippen LogP contribution >= 0.6 is 22.9 Å². The van der Waals surface area contributed by atoms with Crippen LogP contribution in [0.2, 0.25) is 4.34 Å². The Balaban J connectivity index is 1.55. The van der Waals surface area contributed by atoms with E-state index in [1.54, 1.807) is 59.9 Å². The van der Waals surface area contributed by atoms with Crippen LogP contribution in [0.3, 0.4) is 0 Å². The van der Waals surface area contributed by atoms with Crippen molar-refractivity contribution in [1.82, 2.24) is 26.2 Å². The van der Waals surface area contributed by atoms with Crippen LogP contribution < -0.4 is 32.2 Å². The minimum atomic E-state index is -0.308. The number of hydrazine groups is 2. The van der Waals surface area contributed by atoms with Crippen LogP contribution in [-0.2, 0) is 0 Å². The van der Waals surface area contributed by atoms with E-state index in [-0.39, 0.29) is 23.9 Å². The largest absolute Gasteiger partial charge is 0.355 e. The standard InChI is InChI=1S/C21H19ClN6O3S/c1-23-20(30)15-10-14(27-9-3-2-4-19(27)29)5-6-16(15)28-12-13(25-26-28)11-24-21(31)17-7-8-18(22)32-17/h2-10,12,25-26H,11H2,1H3,(H,23,30)(H,24,31). The molecule has 2 aromatic heterocycles. The zero-order chi connectivity index (χ0) is 22.7. The van der Waals surface area contributed by atoms with Crippen LogP contribution in [0.1, 0.15) is 20.0 Å². The molecule has 1 aliphatic rings. The van der Waals surface area contributed by atoms with Crippen molar-refractivity contribution in [2.75, 3.05) is 18.6 Å². The number of hydrogen-bond acceptors (Lipinski definition) is 7. The summed E-state index contributed by atoms with van der Waals surface area (Å²) in [6.07, 6.45) is 3.37. The van der Waals surface area contributed by atoms with Crippen molar-refractivity contribution in [2.24, 2.45) is 0 Å². The number of thiophene rings is 1. The fourth-order valence-corrected chi connectivity index (χ4v) is 4.07. The number of pyridine rings is 1. The van der Waals surface area contributed by atoms with Gasteiger partial charge in [0.1, 0.15) is 0 Å². The summed E-state index contributed by atoms with van der Waals surface area (Å²) in [5.41, 5.74) is 7.91. The molecule has 3 aromatic rings. The quantitative estimate of drug-likeness (QED) is 0.439. The van der Waals surface area contributed by atoms with Crippen molar-refractivity contribution < 1.29 is 9.59 Å². The molecule has 3 heterocycles. The maximum absolute atomic E-state index is 12.6. The second-order valence-corrected chi connectivity index (χ2v) is 8.45. The van der Waals surface area contributed by atoms with Gasteiger partial charge >= 0.3 is 0 Å². The van der Waals surface area contributed by atoms with Crippen LogP contribution in [0.4, 0.5) is 5.69 Å². The molecule has 0 bridgehead atoms. The SMILES string of the molecule is CNC(=O)c1cc(-n2ccccc2=O)ccc1N1C=C(CNC(=O)c2ccc(Cl)s2)NN1. The zero-order valence-electron chi connectivity index (χ0n) is 16.9. The number of rotatable bonds is 6. The highest BCUT2D eigenvalue weighted by Crippen LogP contribution is 2.25. The van der Waals surface area contributed by atoms with E-state index in [4.69, 9.17) is 11.6 Å². The van der Waals surface area contributed by atoms with Gasteiger partial charge in [0.05, 0.1) is 32.7 Å². The van der Waals surface area contributed by atoms with Gasteiger partial charge in [-0.15, -0.1) is 16.9 Å². The van der Waals surface area contributed by atoms with Crippen molar-refractivity contribution in [1.29, 1.82) is 0 Å². The van der Waals surface area contributed by atoms with Crippen molar-refractivity contribution in [3.8, 4) is 5.69 Å². The number of carbonyl (C=O) groups excluding carboxylic acids is 2. The summed E-state index contributed by atoms with van der Waals surface area (Å²) in [5.74, 6) is -0.538. The van der Waals surface area contributed by atoms with E-state index in [9.17, 15) is 14.4 Å². The lowest BCUT2D eigenvalue weighted by molar-refractivity contribution is 0.0953. The molecule has 164 valence electrons. The Morgan fingerprint density at radius 2 is 1.97 bits per heavy atom. The third kappa shape index (κ3) is 4.52. The predicted octanol–water partition coefficient (Wildman–Crippen LogP) is 2.01. The van der Waals surface area contributed by atoms with Gasteiger partial charge in [0, 0.05) is 31.2 Å². The van der Waals surface area contributed by atoms with E-state index in [0.29, 0.717) is 31.8 Å². The maximum atomic E-state index is 12.6. The second kappa shape index (κ2) is 9.27. The lowest BCUT2D eigenvalue weighted by Gasteiger charge is -2.19. The van der Waals surface area contributed by atoms with Crippen molar-refractivity contribution in [3.05, 3.63) is 91.8 Å². The molecule has 0 aliphatic carbocycles. The summed E-state index contributed by atoms with van der Waals surface area (Å²) in [6.45, 7) is 0.241. The Morgan fingerprint density at radius 1 is 1.12 bits per heavy atom. The first-order valence-corrected chi connectivity index (χ1v) is 10.7. The first-order valence-electron chi connectivity index (χ1n) is 9.55. The van der Waals surface area contributed by atoms with Crippen LogP contribution in [0, 0.1) is 0 Å². The van der Waals surface area contributed by atoms with E-state index >= 15 is 0 Å². The summed E-state index contributed by atoms with van der Waals surface area (Å²) in [6, 6.07) is 13.3. The van der Waals surface area contributed by atoms with E-state index in [0.717, 1.165) is 0 Å². The van der Waals surface area contributed by atoms with Gasteiger partial charge in [0.15, 0.2) is 0 Å². The van der Waals surface area contributed by atoms with Gasteiger partial charge in [-0.3, -0.25) is 24.0 Å². The molecule has 0 saturated carbocycles. The molecule has 2 amide bonds. The number of benzene rings is 1. The fraction of sp³-hybridized carbons (Fsp3) is 0.0952. The Hall–Kier alpha value is -3.60. The number of halogens is 1.